The number of halogens is 1. The molecule has 5 rings (SSSR count). The van der Waals surface area contributed by atoms with Crippen LogP contribution >= 0.6 is 15.9 Å². The van der Waals surface area contributed by atoms with Crippen molar-refractivity contribution in [1.82, 2.24) is 9.38 Å². The molecule has 1 aliphatic rings. The number of nitrogens with zero attached hydrogens (tertiary/aromatic N) is 2. The Labute approximate surface area is 164 Å². The Morgan fingerprint density at radius 3 is 2.70 bits per heavy atom. The molecule has 0 saturated heterocycles. The van der Waals surface area contributed by atoms with E-state index in [0.717, 1.165) is 41.1 Å². The van der Waals surface area contributed by atoms with E-state index in [1.54, 1.807) is 0 Å². The van der Waals surface area contributed by atoms with Crippen LogP contribution in [0.2, 0.25) is 0 Å². The molecule has 0 unspecified atom stereocenters. The van der Waals surface area contributed by atoms with Gasteiger partial charge < -0.3 is 9.73 Å². The molecule has 3 aromatic heterocycles. The number of fused-ring (bicyclic) bond motifs is 1. The summed E-state index contributed by atoms with van der Waals surface area (Å²) in [6.07, 6.45) is 3.82. The number of rotatable bonds is 4. The predicted molar refractivity (Wildman–Crippen MR) is 107 cm³/mol. The van der Waals surface area contributed by atoms with Crippen molar-refractivity contribution in [2.24, 2.45) is 5.92 Å². The van der Waals surface area contributed by atoms with E-state index in [9.17, 15) is 4.79 Å². The highest BCUT2D eigenvalue weighted by Crippen LogP contribution is 2.31. The molecule has 6 heteroatoms. The largest absolute Gasteiger partial charge is 0.449 e. The van der Waals surface area contributed by atoms with E-state index >= 15 is 0 Å². The van der Waals surface area contributed by atoms with E-state index in [4.69, 9.17) is 4.42 Å². The molecule has 0 spiro atoms. The lowest BCUT2D eigenvalue weighted by atomic mass is 10.1. The number of imidazole rings is 1. The maximum absolute atomic E-state index is 12.0. The summed E-state index contributed by atoms with van der Waals surface area (Å²) < 4.78 is 8.38. The van der Waals surface area contributed by atoms with E-state index in [1.165, 1.54) is 0 Å². The number of pyridine rings is 1. The molecule has 27 heavy (non-hydrogen) atoms. The first kappa shape index (κ1) is 16.3. The lowest BCUT2D eigenvalue weighted by molar-refractivity contribution is -0.117. The van der Waals surface area contributed by atoms with E-state index in [-0.39, 0.29) is 11.8 Å². The number of carbonyl (C=O) groups excluding carboxylic acids is 1. The van der Waals surface area contributed by atoms with Gasteiger partial charge in [-0.15, -0.1) is 0 Å². The van der Waals surface area contributed by atoms with Crippen LogP contribution in [0.15, 0.2) is 69.9 Å². The van der Waals surface area contributed by atoms with Gasteiger partial charge >= 0.3 is 0 Å². The minimum Gasteiger partial charge on any atom is -0.449 e. The van der Waals surface area contributed by atoms with Gasteiger partial charge in [-0.3, -0.25) is 9.20 Å². The topological polar surface area (TPSA) is 59.5 Å². The van der Waals surface area contributed by atoms with Gasteiger partial charge in [0, 0.05) is 11.5 Å². The first-order valence-corrected chi connectivity index (χ1v) is 9.62. The van der Waals surface area contributed by atoms with Gasteiger partial charge in [-0.25, -0.2) is 4.98 Å². The number of nitrogens with one attached hydrogen (secondary N) is 1. The average Bonchev–Trinajstić information content (AvgIpc) is 3.32. The number of furan rings is 1. The summed E-state index contributed by atoms with van der Waals surface area (Å²) in [5, 5.41) is 2.92. The molecule has 134 valence electrons. The third kappa shape index (κ3) is 3.17. The van der Waals surface area contributed by atoms with Crippen LogP contribution in [0.5, 0.6) is 0 Å². The zero-order chi connectivity index (χ0) is 18.4. The Morgan fingerprint density at radius 1 is 1.11 bits per heavy atom. The van der Waals surface area contributed by atoms with Crippen molar-refractivity contribution in [1.29, 1.82) is 0 Å². The second kappa shape index (κ2) is 6.39. The highest BCUT2D eigenvalue weighted by molar-refractivity contribution is 9.10. The molecule has 0 bridgehead atoms. The number of hydrogen-bond acceptors (Lipinski definition) is 3. The summed E-state index contributed by atoms with van der Waals surface area (Å²) in [5.74, 6) is 1.60. The minimum absolute atomic E-state index is 0.0605. The Hall–Kier alpha value is -2.86. The Morgan fingerprint density at radius 2 is 1.93 bits per heavy atom. The van der Waals surface area contributed by atoms with Crippen molar-refractivity contribution in [2.45, 2.75) is 12.8 Å². The first-order chi connectivity index (χ1) is 13.2. The summed E-state index contributed by atoms with van der Waals surface area (Å²) in [7, 11) is 0. The zero-order valence-electron chi connectivity index (χ0n) is 14.4. The van der Waals surface area contributed by atoms with Crippen LogP contribution in [0.3, 0.4) is 0 Å². The fourth-order valence-electron chi connectivity index (χ4n) is 3.18. The normalized spacial score (nSPS) is 13.8. The third-order valence-corrected chi connectivity index (χ3v) is 5.13. The fraction of sp³-hybridized carbons (Fsp3) is 0.143. The van der Waals surface area contributed by atoms with Gasteiger partial charge in [0.25, 0.3) is 0 Å². The molecule has 0 radical (unpaired) electrons. The molecule has 1 aliphatic carbocycles. The van der Waals surface area contributed by atoms with Gasteiger partial charge in [0.15, 0.2) is 10.5 Å². The highest BCUT2D eigenvalue weighted by Gasteiger charge is 2.30. The molecule has 1 amide bonds. The van der Waals surface area contributed by atoms with Crippen LogP contribution in [0.1, 0.15) is 12.8 Å². The average molecular weight is 422 g/mol. The molecule has 0 aliphatic heterocycles. The van der Waals surface area contributed by atoms with E-state index in [1.807, 2.05) is 53.1 Å². The first-order valence-electron chi connectivity index (χ1n) is 8.82. The number of amides is 1. The lowest BCUT2D eigenvalue weighted by Crippen LogP contribution is -2.13. The second-order valence-corrected chi connectivity index (χ2v) is 7.50. The molecular formula is C21H16BrN3O2. The standard InChI is InChI=1S/C21H16BrN3O2/c22-18-10-9-17(27-18)15-4-1-3-14(11-15)16-5-2-6-20-23-19(12-25(16)20)24-21(26)13-7-8-13/h1-6,9-13H,7-8H2,(H,24,26). The van der Waals surface area contributed by atoms with Gasteiger partial charge in [0.1, 0.15) is 11.4 Å². The molecule has 1 N–H and O–H groups in total. The molecule has 5 nitrogen and oxygen atoms in total. The Kier molecular flexibility index (Phi) is 3.86. The van der Waals surface area contributed by atoms with E-state index in [2.05, 4.69) is 38.4 Å². The third-order valence-electron chi connectivity index (χ3n) is 4.71. The van der Waals surface area contributed by atoms with Crippen LogP contribution in [-0.4, -0.2) is 15.3 Å². The summed E-state index contributed by atoms with van der Waals surface area (Å²) in [5.41, 5.74) is 3.84. The smallest absolute Gasteiger partial charge is 0.228 e. The van der Waals surface area contributed by atoms with Crippen molar-refractivity contribution in [3.8, 4) is 22.6 Å². The maximum atomic E-state index is 12.0. The molecule has 1 saturated carbocycles. The second-order valence-electron chi connectivity index (χ2n) is 6.71. The summed E-state index contributed by atoms with van der Waals surface area (Å²) in [6.45, 7) is 0. The quantitative estimate of drug-likeness (QED) is 0.481. The molecule has 0 atom stereocenters. The zero-order valence-corrected chi connectivity index (χ0v) is 15.9. The maximum Gasteiger partial charge on any atom is 0.228 e. The van der Waals surface area contributed by atoms with Crippen LogP contribution in [0, 0.1) is 5.92 Å². The van der Waals surface area contributed by atoms with Gasteiger partial charge in [0.05, 0.1) is 11.9 Å². The Bertz CT molecular complexity index is 1160. The molecule has 4 aromatic rings. The SMILES string of the molecule is O=C(Nc1cn2c(-c3cccc(-c4ccc(Br)o4)c3)cccc2n1)C1CC1. The van der Waals surface area contributed by atoms with Crippen LogP contribution in [0.4, 0.5) is 5.82 Å². The summed E-state index contributed by atoms with van der Waals surface area (Å²) >= 11 is 3.35. The molecule has 3 heterocycles. The van der Waals surface area contributed by atoms with Gasteiger partial charge in [-0.2, -0.15) is 0 Å². The molecule has 1 fully saturated rings. The number of carbonyl (C=O) groups is 1. The monoisotopic (exact) mass is 421 g/mol. The summed E-state index contributed by atoms with van der Waals surface area (Å²) in [4.78, 5) is 16.6. The van der Waals surface area contributed by atoms with Gasteiger partial charge in [-0.05, 0) is 64.7 Å². The number of aromatic nitrogens is 2. The van der Waals surface area contributed by atoms with E-state index in [0.29, 0.717) is 10.5 Å². The van der Waals surface area contributed by atoms with Crippen LogP contribution in [0.25, 0.3) is 28.2 Å². The van der Waals surface area contributed by atoms with Crippen molar-refractivity contribution in [3.63, 3.8) is 0 Å². The van der Waals surface area contributed by atoms with Gasteiger partial charge in [0.2, 0.25) is 5.91 Å². The molecular weight excluding hydrogens is 406 g/mol. The van der Waals surface area contributed by atoms with Gasteiger partial charge in [-0.1, -0.05) is 24.3 Å². The molecule has 1 aromatic carbocycles. The van der Waals surface area contributed by atoms with Crippen molar-refractivity contribution in [3.05, 3.63) is 65.5 Å². The van der Waals surface area contributed by atoms with Crippen molar-refractivity contribution in [2.75, 3.05) is 5.32 Å². The van der Waals surface area contributed by atoms with E-state index < -0.39 is 0 Å². The van der Waals surface area contributed by atoms with Crippen LogP contribution < -0.4 is 5.32 Å². The van der Waals surface area contributed by atoms with Crippen molar-refractivity contribution < 1.29 is 9.21 Å². The fourth-order valence-corrected chi connectivity index (χ4v) is 3.49. The van der Waals surface area contributed by atoms with Crippen molar-refractivity contribution >= 4 is 33.3 Å². The number of benzene rings is 1. The highest BCUT2D eigenvalue weighted by atomic mass is 79.9. The minimum atomic E-state index is 0.0605. The van der Waals surface area contributed by atoms with Crippen LogP contribution in [-0.2, 0) is 4.79 Å². The Balaban J connectivity index is 1.54. The number of hydrogen-bond donors (Lipinski definition) is 1. The lowest BCUT2D eigenvalue weighted by Gasteiger charge is -2.07. The number of anilines is 1. The summed E-state index contributed by atoms with van der Waals surface area (Å²) in [6, 6.07) is 17.9. The predicted octanol–water partition coefficient (Wildman–Crippen LogP) is 5.37.